The third-order valence-electron chi connectivity index (χ3n) is 6.96. The van der Waals surface area contributed by atoms with E-state index in [4.69, 9.17) is 4.74 Å². The number of hydrogen-bond donors (Lipinski definition) is 1. The molecule has 39 heavy (non-hydrogen) atoms. The van der Waals surface area contributed by atoms with E-state index in [9.17, 15) is 27.5 Å². The van der Waals surface area contributed by atoms with Gasteiger partial charge in [-0.1, -0.05) is 24.3 Å². The average molecular weight is 540 g/mol. The molecular formula is C29H25F4N3O3. The second kappa shape index (κ2) is 9.85. The van der Waals surface area contributed by atoms with E-state index in [1.807, 2.05) is 0 Å². The van der Waals surface area contributed by atoms with E-state index >= 15 is 0 Å². The van der Waals surface area contributed by atoms with Crippen molar-refractivity contribution >= 4 is 27.8 Å². The Kier molecular flexibility index (Phi) is 6.67. The number of para-hydroxylation sites is 1. The number of rotatable bonds is 7. The van der Waals surface area contributed by atoms with Gasteiger partial charge in [0.15, 0.2) is 0 Å². The number of ether oxygens (including phenoxy) is 1. The van der Waals surface area contributed by atoms with Crippen LogP contribution in [0.25, 0.3) is 27.5 Å². The molecule has 0 spiro atoms. The summed E-state index contributed by atoms with van der Waals surface area (Å²) >= 11 is 0. The fraction of sp³-hybridized carbons (Fsp3) is 0.241. The van der Waals surface area contributed by atoms with E-state index in [0.29, 0.717) is 38.8 Å². The van der Waals surface area contributed by atoms with Gasteiger partial charge in [0.25, 0.3) is 0 Å². The SMILES string of the molecule is CCOC(=O)Cc1c(C)n(CC(O)(c2ccc3c(cnn3-c3ccc(F)cc3)c2)C(F)(F)F)c2ccccc12. The van der Waals surface area contributed by atoms with Gasteiger partial charge in [-0.15, -0.1) is 0 Å². The van der Waals surface area contributed by atoms with Crippen LogP contribution in [0.15, 0.2) is 72.9 Å². The molecule has 0 saturated carbocycles. The molecule has 1 unspecified atom stereocenters. The zero-order valence-corrected chi connectivity index (χ0v) is 21.2. The minimum Gasteiger partial charge on any atom is -0.466 e. The molecule has 2 aromatic heterocycles. The predicted molar refractivity (Wildman–Crippen MR) is 138 cm³/mol. The van der Waals surface area contributed by atoms with Crippen LogP contribution in [0.2, 0.25) is 0 Å². The van der Waals surface area contributed by atoms with Crippen molar-refractivity contribution in [1.82, 2.24) is 14.3 Å². The number of hydrogen-bond acceptors (Lipinski definition) is 4. The van der Waals surface area contributed by atoms with Gasteiger partial charge in [-0.2, -0.15) is 18.3 Å². The van der Waals surface area contributed by atoms with Gasteiger partial charge in [0.1, 0.15) is 5.82 Å². The first kappa shape index (κ1) is 26.4. The Morgan fingerprint density at radius 3 is 2.44 bits per heavy atom. The summed E-state index contributed by atoms with van der Waals surface area (Å²) < 4.78 is 65.2. The molecule has 0 aliphatic rings. The lowest BCUT2D eigenvalue weighted by molar-refractivity contribution is -0.271. The van der Waals surface area contributed by atoms with Crippen molar-refractivity contribution in [1.29, 1.82) is 0 Å². The fourth-order valence-corrected chi connectivity index (χ4v) is 4.94. The van der Waals surface area contributed by atoms with E-state index in [-0.39, 0.29) is 18.6 Å². The smallest absolute Gasteiger partial charge is 0.423 e. The normalized spacial score (nSPS) is 13.6. The first-order chi connectivity index (χ1) is 18.5. The molecule has 0 radical (unpaired) electrons. The van der Waals surface area contributed by atoms with E-state index < -0.39 is 30.1 Å². The first-order valence-corrected chi connectivity index (χ1v) is 12.3. The van der Waals surface area contributed by atoms with Crippen LogP contribution < -0.4 is 0 Å². The summed E-state index contributed by atoms with van der Waals surface area (Å²) in [4.78, 5) is 12.2. The number of aromatic nitrogens is 3. The lowest BCUT2D eigenvalue weighted by Crippen LogP contribution is -2.46. The Labute approximate surface area is 221 Å². The van der Waals surface area contributed by atoms with Crippen LogP contribution in [-0.4, -0.2) is 38.2 Å². The molecule has 3 aromatic carbocycles. The maximum atomic E-state index is 14.6. The minimum atomic E-state index is -5.03. The summed E-state index contributed by atoms with van der Waals surface area (Å²) in [7, 11) is 0. The second-order valence-electron chi connectivity index (χ2n) is 9.31. The predicted octanol–water partition coefficient (Wildman–Crippen LogP) is 5.98. The number of aliphatic hydroxyl groups is 1. The van der Waals surface area contributed by atoms with Crippen LogP contribution in [0, 0.1) is 12.7 Å². The van der Waals surface area contributed by atoms with Crippen molar-refractivity contribution in [2.75, 3.05) is 6.61 Å². The molecule has 0 aliphatic carbocycles. The summed E-state index contributed by atoms with van der Waals surface area (Å²) in [6, 6.07) is 16.3. The quantitative estimate of drug-likeness (QED) is 0.204. The molecule has 1 N–H and O–H groups in total. The van der Waals surface area contributed by atoms with Gasteiger partial charge in [-0.3, -0.25) is 4.79 Å². The Balaban J connectivity index is 1.60. The average Bonchev–Trinajstić information content (AvgIpc) is 3.43. The highest BCUT2D eigenvalue weighted by atomic mass is 19.4. The molecule has 0 bridgehead atoms. The van der Waals surface area contributed by atoms with Gasteiger partial charge in [0, 0.05) is 22.0 Å². The zero-order chi connectivity index (χ0) is 27.9. The van der Waals surface area contributed by atoms with Crippen LogP contribution in [0.1, 0.15) is 23.7 Å². The molecule has 0 aliphatic heterocycles. The minimum absolute atomic E-state index is 0.105. The summed E-state index contributed by atoms with van der Waals surface area (Å²) in [6.07, 6.45) is -3.74. The fourth-order valence-electron chi connectivity index (χ4n) is 4.94. The van der Waals surface area contributed by atoms with E-state index in [2.05, 4.69) is 5.10 Å². The number of carbonyl (C=O) groups excluding carboxylic acids is 1. The Morgan fingerprint density at radius 1 is 1.03 bits per heavy atom. The Bertz CT molecular complexity index is 1670. The maximum absolute atomic E-state index is 14.6. The van der Waals surface area contributed by atoms with Gasteiger partial charge in [0.2, 0.25) is 5.60 Å². The standard InChI is InChI=1S/C29H25F4N3O3/c1-3-39-27(37)15-24-18(2)35(26-7-5-4-6-23(24)26)17-28(38,29(31,32)33)20-8-13-25-19(14-20)16-34-36(25)22-11-9-21(30)10-12-22/h4-14,16,38H,3,15,17H2,1-2H3. The number of alkyl halides is 3. The molecule has 5 rings (SSSR count). The highest BCUT2D eigenvalue weighted by Gasteiger charge is 2.55. The maximum Gasteiger partial charge on any atom is 0.423 e. The monoisotopic (exact) mass is 539 g/mol. The highest BCUT2D eigenvalue weighted by molar-refractivity contribution is 5.89. The second-order valence-corrected chi connectivity index (χ2v) is 9.31. The van der Waals surface area contributed by atoms with Crippen molar-refractivity contribution in [2.24, 2.45) is 0 Å². The van der Waals surface area contributed by atoms with Crippen molar-refractivity contribution in [2.45, 2.75) is 38.6 Å². The number of nitrogens with zero attached hydrogens (tertiary/aromatic N) is 3. The summed E-state index contributed by atoms with van der Waals surface area (Å²) in [5, 5.41) is 16.6. The number of esters is 1. The van der Waals surface area contributed by atoms with Gasteiger partial charge < -0.3 is 14.4 Å². The lowest BCUT2D eigenvalue weighted by Gasteiger charge is -2.32. The number of benzene rings is 3. The number of fused-ring (bicyclic) bond motifs is 2. The summed E-state index contributed by atoms with van der Waals surface area (Å²) in [5.74, 6) is -0.913. The first-order valence-electron chi connectivity index (χ1n) is 12.3. The lowest BCUT2D eigenvalue weighted by atomic mass is 9.91. The molecule has 6 nitrogen and oxygen atoms in total. The molecule has 0 fully saturated rings. The largest absolute Gasteiger partial charge is 0.466 e. The number of halogens is 4. The van der Waals surface area contributed by atoms with E-state index in [1.54, 1.807) is 38.1 Å². The third kappa shape index (κ3) is 4.65. The van der Waals surface area contributed by atoms with Gasteiger partial charge in [0.05, 0.1) is 37.0 Å². The van der Waals surface area contributed by atoms with Crippen LogP contribution >= 0.6 is 0 Å². The molecular weight excluding hydrogens is 514 g/mol. The van der Waals surface area contributed by atoms with Crippen LogP contribution in [-0.2, 0) is 28.1 Å². The van der Waals surface area contributed by atoms with E-state index in [0.717, 1.165) is 0 Å². The number of carbonyl (C=O) groups is 1. The topological polar surface area (TPSA) is 69.3 Å². The van der Waals surface area contributed by atoms with Crippen molar-refractivity contribution in [3.05, 3.63) is 95.6 Å². The van der Waals surface area contributed by atoms with Gasteiger partial charge in [-0.05, 0) is 67.4 Å². The van der Waals surface area contributed by atoms with Crippen molar-refractivity contribution in [3.63, 3.8) is 0 Å². The molecule has 5 aromatic rings. The summed E-state index contributed by atoms with van der Waals surface area (Å²) in [5.41, 5.74) is -1.15. The Hall–Kier alpha value is -4.18. The summed E-state index contributed by atoms with van der Waals surface area (Å²) in [6.45, 7) is 2.66. The highest BCUT2D eigenvalue weighted by Crippen LogP contribution is 2.43. The molecule has 0 amide bonds. The molecule has 202 valence electrons. The molecule has 2 heterocycles. The van der Waals surface area contributed by atoms with E-state index in [1.165, 1.54) is 57.9 Å². The van der Waals surface area contributed by atoms with Crippen molar-refractivity contribution < 1.29 is 32.2 Å². The zero-order valence-electron chi connectivity index (χ0n) is 21.2. The van der Waals surface area contributed by atoms with Crippen molar-refractivity contribution in [3.8, 4) is 5.69 Å². The Morgan fingerprint density at radius 2 is 1.74 bits per heavy atom. The molecule has 0 saturated heterocycles. The van der Waals surface area contributed by atoms with Gasteiger partial charge in [-0.25, -0.2) is 9.07 Å². The third-order valence-corrected chi connectivity index (χ3v) is 6.96. The van der Waals surface area contributed by atoms with Crippen LogP contribution in [0.4, 0.5) is 17.6 Å². The molecule has 1 atom stereocenters. The van der Waals surface area contributed by atoms with Crippen LogP contribution in [0.3, 0.4) is 0 Å². The molecule has 10 heteroatoms. The van der Waals surface area contributed by atoms with Gasteiger partial charge >= 0.3 is 12.1 Å². The van der Waals surface area contributed by atoms with Crippen LogP contribution in [0.5, 0.6) is 0 Å².